The summed E-state index contributed by atoms with van der Waals surface area (Å²) in [6, 6.07) is 0. The maximum Gasteiger partial charge on any atom is 0.229 e. The smallest absolute Gasteiger partial charge is 0.229 e. The molecule has 5 nitrogen and oxygen atoms in total. The van der Waals surface area contributed by atoms with E-state index in [0.717, 1.165) is 19.3 Å². The Labute approximate surface area is 109 Å². The highest BCUT2D eigenvalue weighted by Crippen LogP contribution is 2.22. The zero-order valence-electron chi connectivity index (χ0n) is 9.89. The van der Waals surface area contributed by atoms with Gasteiger partial charge >= 0.3 is 0 Å². The zero-order valence-corrected chi connectivity index (χ0v) is 10.7. The second-order valence-electron chi connectivity index (χ2n) is 4.26. The minimum atomic E-state index is -0.421. The number of nitrogens with two attached hydrogens (primary N) is 1. The molecular formula is C12H15N3O2S. The SMILES string of the molecule is NC(=O)Cc1csc(NC(=O)[C@H]2CC=CCC2)n1. The first-order valence-corrected chi connectivity index (χ1v) is 6.71. The van der Waals surface area contributed by atoms with Gasteiger partial charge in [0.2, 0.25) is 11.8 Å². The number of anilines is 1. The molecular weight excluding hydrogens is 250 g/mol. The topological polar surface area (TPSA) is 85.1 Å². The predicted molar refractivity (Wildman–Crippen MR) is 70.1 cm³/mol. The number of carbonyl (C=O) groups excluding carboxylic acids is 2. The number of allylic oxidation sites excluding steroid dienone is 2. The third-order valence-corrected chi connectivity index (χ3v) is 3.58. The number of carbonyl (C=O) groups is 2. The van der Waals surface area contributed by atoms with Crippen LogP contribution in [0.1, 0.15) is 25.0 Å². The average molecular weight is 265 g/mol. The molecule has 0 radical (unpaired) electrons. The molecule has 1 aromatic heterocycles. The summed E-state index contributed by atoms with van der Waals surface area (Å²) in [6.45, 7) is 0. The van der Waals surface area contributed by atoms with Crippen molar-refractivity contribution in [3.63, 3.8) is 0 Å². The average Bonchev–Trinajstić information content (AvgIpc) is 2.76. The van der Waals surface area contributed by atoms with Crippen molar-refractivity contribution in [2.75, 3.05) is 5.32 Å². The van der Waals surface area contributed by atoms with E-state index in [1.54, 1.807) is 5.38 Å². The van der Waals surface area contributed by atoms with E-state index in [0.29, 0.717) is 10.8 Å². The van der Waals surface area contributed by atoms with E-state index in [2.05, 4.69) is 16.4 Å². The molecule has 3 N–H and O–H groups in total. The molecule has 2 amide bonds. The van der Waals surface area contributed by atoms with Gasteiger partial charge in [0.1, 0.15) is 0 Å². The first kappa shape index (κ1) is 12.8. The van der Waals surface area contributed by atoms with E-state index in [-0.39, 0.29) is 18.2 Å². The van der Waals surface area contributed by atoms with Crippen LogP contribution < -0.4 is 11.1 Å². The molecule has 1 atom stereocenters. The lowest BCUT2D eigenvalue weighted by atomic mass is 9.94. The van der Waals surface area contributed by atoms with Gasteiger partial charge in [0.15, 0.2) is 5.13 Å². The lowest BCUT2D eigenvalue weighted by molar-refractivity contribution is -0.120. The highest BCUT2D eigenvalue weighted by Gasteiger charge is 2.19. The summed E-state index contributed by atoms with van der Waals surface area (Å²) in [6.07, 6.45) is 6.85. The molecule has 18 heavy (non-hydrogen) atoms. The molecule has 0 saturated carbocycles. The predicted octanol–water partition coefficient (Wildman–Crippen LogP) is 1.47. The first-order valence-electron chi connectivity index (χ1n) is 5.83. The molecule has 96 valence electrons. The van der Waals surface area contributed by atoms with Crippen molar-refractivity contribution in [3.8, 4) is 0 Å². The first-order chi connectivity index (χ1) is 8.65. The number of amides is 2. The number of aromatic nitrogens is 1. The standard InChI is InChI=1S/C12H15N3O2S/c13-10(16)6-9-7-18-12(14-9)15-11(17)8-4-2-1-3-5-8/h1-2,7-8H,3-6H2,(H2,13,16)(H,14,15,17)/t8-/m0/s1. The van der Waals surface area contributed by atoms with Gasteiger partial charge in [-0.25, -0.2) is 4.98 Å². The Morgan fingerprint density at radius 3 is 3.00 bits per heavy atom. The molecule has 6 heteroatoms. The highest BCUT2D eigenvalue weighted by molar-refractivity contribution is 7.13. The molecule has 1 heterocycles. The molecule has 0 bridgehead atoms. The fourth-order valence-corrected chi connectivity index (χ4v) is 2.58. The van der Waals surface area contributed by atoms with Crippen molar-refractivity contribution >= 4 is 28.3 Å². The summed E-state index contributed by atoms with van der Waals surface area (Å²) in [5.41, 5.74) is 5.69. The Bertz CT molecular complexity index is 481. The summed E-state index contributed by atoms with van der Waals surface area (Å²) < 4.78 is 0. The minimum absolute atomic E-state index is 0.000625. The number of thiazole rings is 1. The molecule has 0 aliphatic heterocycles. The summed E-state index contributed by atoms with van der Waals surface area (Å²) in [5.74, 6) is -0.395. The Hall–Kier alpha value is -1.69. The fraction of sp³-hybridized carbons (Fsp3) is 0.417. The van der Waals surface area contributed by atoms with E-state index in [1.807, 2.05) is 6.08 Å². The van der Waals surface area contributed by atoms with Crippen LogP contribution in [-0.2, 0) is 16.0 Å². The van der Waals surface area contributed by atoms with Crippen molar-refractivity contribution in [2.24, 2.45) is 11.7 Å². The van der Waals surface area contributed by atoms with Crippen molar-refractivity contribution in [2.45, 2.75) is 25.7 Å². The molecule has 0 aromatic carbocycles. The monoisotopic (exact) mass is 265 g/mol. The van der Waals surface area contributed by atoms with E-state index in [9.17, 15) is 9.59 Å². The van der Waals surface area contributed by atoms with Crippen LogP contribution in [0, 0.1) is 5.92 Å². The second-order valence-corrected chi connectivity index (χ2v) is 5.12. The fourth-order valence-electron chi connectivity index (χ4n) is 1.86. The van der Waals surface area contributed by atoms with Crippen molar-refractivity contribution in [1.82, 2.24) is 4.98 Å². The van der Waals surface area contributed by atoms with Crippen molar-refractivity contribution in [1.29, 1.82) is 0 Å². The van der Waals surface area contributed by atoms with Crippen LogP contribution in [0.2, 0.25) is 0 Å². The lowest BCUT2D eigenvalue weighted by Gasteiger charge is -2.15. The summed E-state index contributed by atoms with van der Waals surface area (Å²) in [5, 5.41) is 5.06. The van der Waals surface area contributed by atoms with Crippen molar-refractivity contribution in [3.05, 3.63) is 23.2 Å². The van der Waals surface area contributed by atoms with E-state index in [4.69, 9.17) is 5.73 Å². The third kappa shape index (κ3) is 3.40. The van der Waals surface area contributed by atoms with Gasteiger partial charge < -0.3 is 11.1 Å². The molecule has 0 spiro atoms. The Morgan fingerprint density at radius 1 is 1.50 bits per heavy atom. The largest absolute Gasteiger partial charge is 0.369 e. The van der Waals surface area contributed by atoms with Gasteiger partial charge in [-0.05, 0) is 19.3 Å². The molecule has 0 saturated heterocycles. The lowest BCUT2D eigenvalue weighted by Crippen LogP contribution is -2.23. The maximum absolute atomic E-state index is 11.9. The zero-order chi connectivity index (χ0) is 13.0. The third-order valence-electron chi connectivity index (χ3n) is 2.78. The van der Waals surface area contributed by atoms with Crippen LogP contribution in [0.5, 0.6) is 0 Å². The number of nitrogens with one attached hydrogen (secondary N) is 1. The Balaban J connectivity index is 1.92. The van der Waals surface area contributed by atoms with E-state index >= 15 is 0 Å². The number of nitrogens with zero attached hydrogens (tertiary/aromatic N) is 1. The van der Waals surface area contributed by atoms with Crippen LogP contribution in [-0.4, -0.2) is 16.8 Å². The molecule has 2 rings (SSSR count). The Morgan fingerprint density at radius 2 is 2.33 bits per heavy atom. The van der Waals surface area contributed by atoms with Gasteiger partial charge in [-0.1, -0.05) is 12.2 Å². The minimum Gasteiger partial charge on any atom is -0.369 e. The number of primary amides is 1. The molecule has 0 fully saturated rings. The van der Waals surface area contributed by atoms with Crippen LogP contribution in [0.3, 0.4) is 0 Å². The molecule has 1 aromatic rings. The second kappa shape index (κ2) is 5.77. The van der Waals surface area contributed by atoms with Crippen LogP contribution >= 0.6 is 11.3 Å². The highest BCUT2D eigenvalue weighted by atomic mass is 32.1. The maximum atomic E-state index is 11.9. The van der Waals surface area contributed by atoms with Crippen LogP contribution in [0.4, 0.5) is 5.13 Å². The number of rotatable bonds is 4. The van der Waals surface area contributed by atoms with Gasteiger partial charge in [0.25, 0.3) is 0 Å². The van der Waals surface area contributed by atoms with Gasteiger partial charge in [0.05, 0.1) is 12.1 Å². The summed E-state index contributed by atoms with van der Waals surface area (Å²) in [4.78, 5) is 26.8. The van der Waals surface area contributed by atoms with E-state index < -0.39 is 5.91 Å². The van der Waals surface area contributed by atoms with Gasteiger partial charge in [0, 0.05) is 11.3 Å². The van der Waals surface area contributed by atoms with E-state index in [1.165, 1.54) is 11.3 Å². The van der Waals surface area contributed by atoms with Gasteiger partial charge in [-0.2, -0.15) is 0 Å². The van der Waals surface area contributed by atoms with Gasteiger partial charge in [-0.3, -0.25) is 9.59 Å². The summed E-state index contributed by atoms with van der Waals surface area (Å²) >= 11 is 1.32. The van der Waals surface area contributed by atoms with Gasteiger partial charge in [-0.15, -0.1) is 11.3 Å². The number of hydrogen-bond acceptors (Lipinski definition) is 4. The van der Waals surface area contributed by atoms with Crippen molar-refractivity contribution < 1.29 is 9.59 Å². The molecule has 1 aliphatic carbocycles. The molecule has 0 unspecified atom stereocenters. The molecule has 1 aliphatic rings. The van der Waals surface area contributed by atoms with Crippen LogP contribution in [0.25, 0.3) is 0 Å². The van der Waals surface area contributed by atoms with Crippen LogP contribution in [0.15, 0.2) is 17.5 Å². The number of hydrogen-bond donors (Lipinski definition) is 2. The normalized spacial score (nSPS) is 18.6. The quantitative estimate of drug-likeness (QED) is 0.808. The summed E-state index contributed by atoms with van der Waals surface area (Å²) in [7, 11) is 0. The Kier molecular flexibility index (Phi) is 4.09.